The maximum atomic E-state index is 12.6. The molecule has 1 heterocycles. The van der Waals surface area contributed by atoms with Gasteiger partial charge in [0.2, 0.25) is 21.8 Å². The summed E-state index contributed by atoms with van der Waals surface area (Å²) in [6.45, 7) is 6.45. The summed E-state index contributed by atoms with van der Waals surface area (Å²) >= 11 is 0. The highest BCUT2D eigenvalue weighted by Crippen LogP contribution is 2.35. The van der Waals surface area contributed by atoms with Crippen LogP contribution in [0.25, 0.3) is 0 Å². The molecule has 2 amide bonds. The van der Waals surface area contributed by atoms with Gasteiger partial charge in [0.1, 0.15) is 5.92 Å². The van der Waals surface area contributed by atoms with E-state index in [4.69, 9.17) is 0 Å². The predicted molar refractivity (Wildman–Crippen MR) is 93.0 cm³/mol. The number of nitrogens with one attached hydrogen (secondary N) is 3. The molecule has 0 bridgehead atoms. The maximum Gasteiger partial charge on any atom is 0.237 e. The van der Waals surface area contributed by atoms with Gasteiger partial charge < -0.3 is 10.6 Å². The number of rotatable bonds is 4. The minimum atomic E-state index is -3.40. The van der Waals surface area contributed by atoms with E-state index in [9.17, 15) is 18.0 Å². The van der Waals surface area contributed by atoms with Crippen molar-refractivity contribution >= 4 is 33.2 Å². The van der Waals surface area contributed by atoms with Gasteiger partial charge in [-0.2, -0.15) is 0 Å². The average Bonchev–Trinajstić information content (AvgIpc) is 2.79. The maximum absolute atomic E-state index is 12.6. The molecule has 3 N–H and O–H groups in total. The fourth-order valence-electron chi connectivity index (χ4n) is 2.82. The van der Waals surface area contributed by atoms with E-state index in [-0.39, 0.29) is 23.1 Å². The minimum Gasteiger partial charge on any atom is -0.355 e. The number of amides is 2. The molecule has 1 aliphatic rings. The van der Waals surface area contributed by atoms with Crippen LogP contribution in [0.5, 0.6) is 0 Å². The lowest BCUT2D eigenvalue weighted by atomic mass is 9.74. The molecule has 8 heteroatoms. The first kappa shape index (κ1) is 18.3. The van der Waals surface area contributed by atoms with Crippen molar-refractivity contribution in [2.24, 2.45) is 17.3 Å². The summed E-state index contributed by atoms with van der Waals surface area (Å²) in [6.07, 6.45) is 1.05. The lowest BCUT2D eigenvalue weighted by Crippen LogP contribution is -2.37. The normalized spacial score (nSPS) is 21.2. The van der Waals surface area contributed by atoms with Crippen molar-refractivity contribution in [3.63, 3.8) is 0 Å². The van der Waals surface area contributed by atoms with Gasteiger partial charge in [0.25, 0.3) is 0 Å². The molecule has 1 fully saturated rings. The van der Waals surface area contributed by atoms with E-state index in [0.717, 1.165) is 6.26 Å². The standard InChI is InChI=1S/C16H23N3O4S/c1-16(2,3)12-9-17-14(20)13(12)15(21)18-10-6-5-7-11(8-10)19-24(4,22)23/h5-8,12-13,19H,9H2,1-4H3,(H,17,20)(H,18,21)/t12-,13-/m0/s1. The first-order valence-electron chi connectivity index (χ1n) is 7.64. The van der Waals surface area contributed by atoms with Crippen molar-refractivity contribution in [1.29, 1.82) is 0 Å². The summed E-state index contributed by atoms with van der Waals surface area (Å²) in [5.74, 6) is -1.54. The Morgan fingerprint density at radius 2 is 1.88 bits per heavy atom. The Kier molecular flexibility index (Phi) is 4.89. The van der Waals surface area contributed by atoms with Crippen LogP contribution in [-0.4, -0.2) is 33.0 Å². The van der Waals surface area contributed by atoms with E-state index in [1.807, 2.05) is 20.8 Å². The van der Waals surface area contributed by atoms with Gasteiger partial charge in [-0.3, -0.25) is 14.3 Å². The molecule has 0 aliphatic carbocycles. The van der Waals surface area contributed by atoms with Crippen LogP contribution in [-0.2, 0) is 19.6 Å². The van der Waals surface area contributed by atoms with Crippen molar-refractivity contribution in [2.75, 3.05) is 22.8 Å². The Labute approximate surface area is 142 Å². The van der Waals surface area contributed by atoms with Crippen molar-refractivity contribution < 1.29 is 18.0 Å². The average molecular weight is 353 g/mol. The zero-order chi connectivity index (χ0) is 18.1. The van der Waals surface area contributed by atoms with E-state index in [2.05, 4.69) is 15.4 Å². The molecule has 0 radical (unpaired) electrons. The van der Waals surface area contributed by atoms with Crippen LogP contribution in [0.15, 0.2) is 24.3 Å². The van der Waals surface area contributed by atoms with E-state index < -0.39 is 15.9 Å². The number of hydrogen-bond acceptors (Lipinski definition) is 4. The molecule has 1 aromatic carbocycles. The summed E-state index contributed by atoms with van der Waals surface area (Å²) < 4.78 is 24.9. The molecule has 0 spiro atoms. The topological polar surface area (TPSA) is 104 Å². The smallest absolute Gasteiger partial charge is 0.237 e. The van der Waals surface area contributed by atoms with Gasteiger partial charge in [0, 0.05) is 18.2 Å². The fourth-order valence-corrected chi connectivity index (χ4v) is 3.38. The highest BCUT2D eigenvalue weighted by Gasteiger charge is 2.45. The van der Waals surface area contributed by atoms with Crippen LogP contribution in [0.3, 0.4) is 0 Å². The molecule has 2 rings (SSSR count). The van der Waals surface area contributed by atoms with Gasteiger partial charge in [-0.15, -0.1) is 0 Å². The van der Waals surface area contributed by atoms with Crippen LogP contribution in [0, 0.1) is 17.3 Å². The fraction of sp³-hybridized carbons (Fsp3) is 0.500. The zero-order valence-corrected chi connectivity index (χ0v) is 15.0. The summed E-state index contributed by atoms with van der Waals surface area (Å²) in [5.41, 5.74) is 0.584. The molecule has 2 atom stereocenters. The van der Waals surface area contributed by atoms with Gasteiger partial charge in [0.05, 0.1) is 11.9 Å². The van der Waals surface area contributed by atoms with E-state index >= 15 is 0 Å². The molecular formula is C16H23N3O4S. The van der Waals surface area contributed by atoms with Crippen LogP contribution >= 0.6 is 0 Å². The van der Waals surface area contributed by atoms with Gasteiger partial charge >= 0.3 is 0 Å². The predicted octanol–water partition coefficient (Wildman–Crippen LogP) is 1.40. The van der Waals surface area contributed by atoms with Gasteiger partial charge in [-0.05, 0) is 23.6 Å². The number of carbonyl (C=O) groups is 2. The quantitative estimate of drug-likeness (QED) is 0.712. The lowest BCUT2D eigenvalue weighted by Gasteiger charge is -2.29. The molecule has 1 aliphatic heterocycles. The van der Waals surface area contributed by atoms with Gasteiger partial charge in [-0.1, -0.05) is 26.8 Å². The Bertz CT molecular complexity index is 753. The number of hydrogen-bond donors (Lipinski definition) is 3. The SMILES string of the molecule is CC(C)(C)[C@H]1CNC(=O)[C@H]1C(=O)Nc1cccc(NS(C)(=O)=O)c1. The molecule has 7 nitrogen and oxygen atoms in total. The molecule has 1 saturated heterocycles. The summed E-state index contributed by atoms with van der Waals surface area (Å²) in [7, 11) is -3.40. The Morgan fingerprint density at radius 3 is 2.46 bits per heavy atom. The molecule has 1 aromatic rings. The number of sulfonamides is 1. The van der Waals surface area contributed by atoms with E-state index in [0.29, 0.717) is 17.9 Å². The van der Waals surface area contributed by atoms with E-state index in [1.165, 1.54) is 6.07 Å². The highest BCUT2D eigenvalue weighted by atomic mass is 32.2. The van der Waals surface area contributed by atoms with Crippen molar-refractivity contribution in [3.05, 3.63) is 24.3 Å². The summed E-state index contributed by atoms with van der Waals surface area (Å²) in [5, 5.41) is 5.45. The monoisotopic (exact) mass is 353 g/mol. The summed E-state index contributed by atoms with van der Waals surface area (Å²) in [6, 6.07) is 6.36. The van der Waals surface area contributed by atoms with Gasteiger partial charge in [-0.25, -0.2) is 8.42 Å². The minimum absolute atomic E-state index is 0.109. The highest BCUT2D eigenvalue weighted by molar-refractivity contribution is 7.92. The Balaban J connectivity index is 2.17. The Hall–Kier alpha value is -2.09. The molecular weight excluding hydrogens is 330 g/mol. The van der Waals surface area contributed by atoms with Crippen LogP contribution in [0.1, 0.15) is 20.8 Å². The third kappa shape index (κ3) is 4.47. The van der Waals surface area contributed by atoms with Crippen molar-refractivity contribution in [1.82, 2.24) is 5.32 Å². The molecule has 0 aromatic heterocycles. The first-order chi connectivity index (χ1) is 11.0. The first-order valence-corrected chi connectivity index (χ1v) is 9.53. The summed E-state index contributed by atoms with van der Waals surface area (Å²) in [4.78, 5) is 24.6. The van der Waals surface area contributed by atoms with Crippen LogP contribution in [0.4, 0.5) is 11.4 Å². The second-order valence-corrected chi connectivity index (χ2v) is 8.89. The third-order valence-corrected chi connectivity index (χ3v) is 4.62. The third-order valence-electron chi connectivity index (χ3n) is 4.01. The molecule has 132 valence electrons. The van der Waals surface area contributed by atoms with E-state index in [1.54, 1.807) is 18.2 Å². The zero-order valence-electron chi connectivity index (χ0n) is 14.2. The van der Waals surface area contributed by atoms with Crippen molar-refractivity contribution in [2.45, 2.75) is 20.8 Å². The van der Waals surface area contributed by atoms with Crippen molar-refractivity contribution in [3.8, 4) is 0 Å². The lowest BCUT2D eigenvalue weighted by molar-refractivity contribution is -0.132. The Morgan fingerprint density at radius 1 is 1.25 bits per heavy atom. The molecule has 0 unspecified atom stereocenters. The van der Waals surface area contributed by atoms with Crippen LogP contribution in [0.2, 0.25) is 0 Å². The molecule has 24 heavy (non-hydrogen) atoms. The second kappa shape index (κ2) is 6.43. The van der Waals surface area contributed by atoms with Gasteiger partial charge in [0.15, 0.2) is 0 Å². The number of benzene rings is 1. The second-order valence-electron chi connectivity index (χ2n) is 7.14. The largest absolute Gasteiger partial charge is 0.355 e. The molecule has 0 saturated carbocycles. The van der Waals surface area contributed by atoms with Crippen LogP contribution < -0.4 is 15.4 Å². The number of anilines is 2. The number of carbonyl (C=O) groups excluding carboxylic acids is 2.